The van der Waals surface area contributed by atoms with Gasteiger partial charge in [-0.25, -0.2) is 0 Å². The Labute approximate surface area is 101 Å². The van der Waals surface area contributed by atoms with E-state index < -0.39 is 0 Å². The van der Waals surface area contributed by atoms with Gasteiger partial charge in [0.15, 0.2) is 0 Å². The molecule has 0 fully saturated rings. The first-order valence-corrected chi connectivity index (χ1v) is 5.33. The Morgan fingerprint density at radius 1 is 1.50 bits per heavy atom. The van der Waals surface area contributed by atoms with Crippen molar-refractivity contribution >= 4 is 44.2 Å². The van der Waals surface area contributed by atoms with E-state index in [0.29, 0.717) is 15.6 Å². The quantitative estimate of drug-likeness (QED) is 0.694. The lowest BCUT2D eigenvalue weighted by molar-refractivity contribution is 1.45. The SMILES string of the molecule is C/C(C#N)=C(/Cl)c1ccc(Cl)c(Br)c1. The van der Waals surface area contributed by atoms with E-state index in [1.54, 1.807) is 25.1 Å². The molecule has 0 saturated carbocycles. The minimum absolute atomic E-state index is 0.449. The minimum atomic E-state index is 0.449. The molecule has 1 aromatic carbocycles. The molecule has 0 spiro atoms. The third-order valence-corrected chi connectivity index (χ3v) is 3.39. The Morgan fingerprint density at radius 3 is 2.64 bits per heavy atom. The van der Waals surface area contributed by atoms with Crippen LogP contribution in [0.5, 0.6) is 0 Å². The Kier molecular flexibility index (Phi) is 4.00. The molecule has 0 heterocycles. The van der Waals surface area contributed by atoms with Crippen molar-refractivity contribution in [2.75, 3.05) is 0 Å². The van der Waals surface area contributed by atoms with Crippen LogP contribution in [0.2, 0.25) is 5.02 Å². The smallest absolute Gasteiger partial charge is 0.0959 e. The van der Waals surface area contributed by atoms with Gasteiger partial charge in [0.05, 0.1) is 16.1 Å². The van der Waals surface area contributed by atoms with Crippen LogP contribution in [-0.4, -0.2) is 0 Å². The van der Waals surface area contributed by atoms with Crippen molar-refractivity contribution in [1.82, 2.24) is 0 Å². The molecule has 14 heavy (non-hydrogen) atoms. The van der Waals surface area contributed by atoms with Gasteiger partial charge >= 0.3 is 0 Å². The molecule has 1 rings (SSSR count). The highest BCUT2D eigenvalue weighted by Gasteiger charge is 2.05. The van der Waals surface area contributed by atoms with Gasteiger partial charge < -0.3 is 0 Å². The van der Waals surface area contributed by atoms with Gasteiger partial charge in [0, 0.05) is 10.0 Å². The fourth-order valence-corrected chi connectivity index (χ4v) is 1.55. The minimum Gasteiger partial charge on any atom is -0.193 e. The van der Waals surface area contributed by atoms with Crippen molar-refractivity contribution in [1.29, 1.82) is 5.26 Å². The number of halogens is 3. The maximum atomic E-state index is 8.66. The van der Waals surface area contributed by atoms with Crippen molar-refractivity contribution < 1.29 is 0 Å². The number of rotatable bonds is 1. The summed E-state index contributed by atoms with van der Waals surface area (Å²) < 4.78 is 0.764. The average molecular weight is 291 g/mol. The van der Waals surface area contributed by atoms with Crippen LogP contribution in [0.4, 0.5) is 0 Å². The van der Waals surface area contributed by atoms with Gasteiger partial charge in [-0.1, -0.05) is 29.3 Å². The summed E-state index contributed by atoms with van der Waals surface area (Å²) in [5.74, 6) is 0. The predicted octanol–water partition coefficient (Wildman–Crippen LogP) is 4.60. The van der Waals surface area contributed by atoms with E-state index in [2.05, 4.69) is 15.9 Å². The van der Waals surface area contributed by atoms with Crippen LogP contribution in [-0.2, 0) is 0 Å². The lowest BCUT2D eigenvalue weighted by atomic mass is 10.1. The van der Waals surface area contributed by atoms with E-state index in [4.69, 9.17) is 28.5 Å². The van der Waals surface area contributed by atoms with E-state index in [1.807, 2.05) is 6.07 Å². The second kappa shape index (κ2) is 4.84. The molecule has 0 aliphatic heterocycles. The molecule has 0 aliphatic rings. The van der Waals surface area contributed by atoms with E-state index in [9.17, 15) is 0 Å². The lowest BCUT2D eigenvalue weighted by Gasteiger charge is -2.02. The van der Waals surface area contributed by atoms with Crippen LogP contribution in [0.25, 0.3) is 5.03 Å². The molecule has 0 atom stereocenters. The highest BCUT2D eigenvalue weighted by atomic mass is 79.9. The molecule has 0 bridgehead atoms. The standard InChI is InChI=1S/C10H6BrCl2N/c1-6(5-14)10(13)7-2-3-9(12)8(11)4-7/h2-4H,1H3/b10-6-. The Balaban J connectivity index is 3.24. The molecule has 72 valence electrons. The van der Waals surface area contributed by atoms with Gasteiger partial charge in [-0.15, -0.1) is 0 Å². The molecular formula is C10H6BrCl2N. The molecule has 0 radical (unpaired) electrons. The highest BCUT2D eigenvalue weighted by molar-refractivity contribution is 9.10. The molecule has 0 amide bonds. The molecule has 1 aromatic rings. The number of allylic oxidation sites excluding steroid dienone is 1. The summed E-state index contributed by atoms with van der Waals surface area (Å²) in [6.07, 6.45) is 0. The van der Waals surface area contributed by atoms with Crippen LogP contribution in [0, 0.1) is 11.3 Å². The third kappa shape index (κ3) is 2.51. The van der Waals surface area contributed by atoms with Crippen molar-refractivity contribution in [3.63, 3.8) is 0 Å². The van der Waals surface area contributed by atoms with Crippen molar-refractivity contribution in [2.24, 2.45) is 0 Å². The van der Waals surface area contributed by atoms with Crippen molar-refractivity contribution in [3.8, 4) is 6.07 Å². The fraction of sp³-hybridized carbons (Fsp3) is 0.100. The van der Waals surface area contributed by atoms with Gasteiger partial charge in [-0.05, 0) is 40.5 Å². The summed E-state index contributed by atoms with van der Waals surface area (Å²) in [5, 5.41) is 9.73. The zero-order valence-corrected chi connectivity index (χ0v) is 10.4. The first-order valence-electron chi connectivity index (χ1n) is 3.78. The number of hydrogen-bond acceptors (Lipinski definition) is 1. The Morgan fingerprint density at radius 2 is 2.14 bits per heavy atom. The Bertz CT molecular complexity index is 432. The van der Waals surface area contributed by atoms with Gasteiger partial charge in [0.25, 0.3) is 0 Å². The summed E-state index contributed by atoms with van der Waals surface area (Å²) >= 11 is 15.1. The van der Waals surface area contributed by atoms with E-state index >= 15 is 0 Å². The molecule has 0 aromatic heterocycles. The van der Waals surface area contributed by atoms with E-state index in [1.165, 1.54) is 0 Å². The number of hydrogen-bond donors (Lipinski definition) is 0. The second-order valence-corrected chi connectivity index (χ2v) is 4.32. The third-order valence-electron chi connectivity index (χ3n) is 1.67. The van der Waals surface area contributed by atoms with E-state index in [-0.39, 0.29) is 0 Å². The van der Waals surface area contributed by atoms with Gasteiger partial charge in [-0.2, -0.15) is 5.26 Å². The van der Waals surface area contributed by atoms with Crippen LogP contribution in [0.15, 0.2) is 28.2 Å². The topological polar surface area (TPSA) is 23.8 Å². The second-order valence-electron chi connectivity index (χ2n) is 2.68. The zero-order chi connectivity index (χ0) is 10.7. The van der Waals surface area contributed by atoms with Crippen LogP contribution >= 0.6 is 39.1 Å². The normalized spacial score (nSPS) is 11.9. The summed E-state index contributed by atoms with van der Waals surface area (Å²) in [7, 11) is 0. The number of benzene rings is 1. The molecule has 0 N–H and O–H groups in total. The van der Waals surface area contributed by atoms with Crippen LogP contribution < -0.4 is 0 Å². The van der Waals surface area contributed by atoms with Crippen LogP contribution in [0.3, 0.4) is 0 Å². The monoisotopic (exact) mass is 289 g/mol. The van der Waals surface area contributed by atoms with Crippen molar-refractivity contribution in [3.05, 3.63) is 38.8 Å². The molecule has 0 unspecified atom stereocenters. The first kappa shape index (κ1) is 11.6. The number of nitriles is 1. The summed E-state index contributed by atoms with van der Waals surface area (Å²) in [5.41, 5.74) is 1.27. The molecule has 0 saturated heterocycles. The van der Waals surface area contributed by atoms with Gasteiger partial charge in [0.1, 0.15) is 0 Å². The fourth-order valence-electron chi connectivity index (χ4n) is 0.898. The number of nitrogens with zero attached hydrogens (tertiary/aromatic N) is 1. The largest absolute Gasteiger partial charge is 0.193 e. The van der Waals surface area contributed by atoms with Crippen molar-refractivity contribution in [2.45, 2.75) is 6.92 Å². The average Bonchev–Trinajstić information content (AvgIpc) is 2.20. The van der Waals surface area contributed by atoms with E-state index in [0.717, 1.165) is 10.0 Å². The maximum absolute atomic E-state index is 8.66. The van der Waals surface area contributed by atoms with Gasteiger partial charge in [-0.3, -0.25) is 0 Å². The molecule has 4 heteroatoms. The molecule has 0 aliphatic carbocycles. The highest BCUT2D eigenvalue weighted by Crippen LogP contribution is 2.29. The zero-order valence-electron chi connectivity index (χ0n) is 7.31. The summed E-state index contributed by atoms with van der Waals surface area (Å²) in [6.45, 7) is 1.67. The van der Waals surface area contributed by atoms with Gasteiger partial charge in [0.2, 0.25) is 0 Å². The maximum Gasteiger partial charge on any atom is 0.0959 e. The summed E-state index contributed by atoms with van der Waals surface area (Å²) in [4.78, 5) is 0. The first-order chi connectivity index (χ1) is 6.56. The summed E-state index contributed by atoms with van der Waals surface area (Å²) in [6, 6.07) is 7.28. The lowest BCUT2D eigenvalue weighted by Crippen LogP contribution is -1.81. The van der Waals surface area contributed by atoms with Crippen LogP contribution in [0.1, 0.15) is 12.5 Å². The molecular weight excluding hydrogens is 285 g/mol. The Hall–Kier alpha value is -0.490. The predicted molar refractivity (Wildman–Crippen MR) is 63.2 cm³/mol. The molecule has 1 nitrogen and oxygen atoms in total.